The second kappa shape index (κ2) is 8.93. The zero-order valence-electron chi connectivity index (χ0n) is 16.8. The van der Waals surface area contributed by atoms with Gasteiger partial charge in [-0.15, -0.1) is 0 Å². The van der Waals surface area contributed by atoms with E-state index in [4.69, 9.17) is 4.74 Å². The average Bonchev–Trinajstić information content (AvgIpc) is 3.44. The van der Waals surface area contributed by atoms with E-state index in [1.807, 2.05) is 0 Å². The Morgan fingerprint density at radius 1 is 0.938 bits per heavy atom. The van der Waals surface area contributed by atoms with Crippen LogP contribution in [0.1, 0.15) is 31.4 Å². The molecule has 1 aliphatic carbocycles. The Hall–Kier alpha value is -2.88. The van der Waals surface area contributed by atoms with Gasteiger partial charge in [-0.2, -0.15) is 9.78 Å². The molecule has 1 aliphatic rings. The van der Waals surface area contributed by atoms with Crippen molar-refractivity contribution in [3.8, 4) is 11.6 Å². The lowest BCUT2D eigenvalue weighted by atomic mass is 10.1. The van der Waals surface area contributed by atoms with Gasteiger partial charge in [0, 0.05) is 0 Å². The van der Waals surface area contributed by atoms with E-state index in [0.29, 0.717) is 18.5 Å². The monoisotopic (exact) mass is 468 g/mol. The number of nitrogens with zero attached hydrogens (tertiary/aromatic N) is 2. The molecular weight excluding hydrogens is 451 g/mol. The Bertz CT molecular complexity index is 1150. The molecule has 0 saturated heterocycles. The van der Waals surface area contributed by atoms with E-state index in [-0.39, 0.29) is 34.1 Å². The summed E-state index contributed by atoms with van der Waals surface area (Å²) in [6.07, 6.45) is 3.06. The van der Waals surface area contributed by atoms with Crippen molar-refractivity contribution < 1.29 is 31.5 Å². The van der Waals surface area contributed by atoms with Crippen molar-refractivity contribution in [2.45, 2.75) is 42.4 Å². The normalized spacial score (nSPS) is 14.2. The van der Waals surface area contributed by atoms with Crippen LogP contribution in [0.25, 0.3) is 5.69 Å². The highest BCUT2D eigenvalue weighted by Crippen LogP contribution is 2.43. The van der Waals surface area contributed by atoms with E-state index >= 15 is 0 Å². The zero-order valence-corrected chi connectivity index (χ0v) is 17.6. The molecule has 0 bridgehead atoms. The predicted molar refractivity (Wildman–Crippen MR) is 106 cm³/mol. The summed E-state index contributed by atoms with van der Waals surface area (Å²) in [6, 6.07) is 8.53. The molecule has 0 atom stereocenters. The summed E-state index contributed by atoms with van der Waals surface area (Å²) in [5.41, 5.74) is 0.686. The Balaban J connectivity index is 1.82. The molecule has 0 amide bonds. The molecule has 0 radical (unpaired) electrons. The third kappa shape index (κ3) is 3.99. The van der Waals surface area contributed by atoms with Crippen molar-refractivity contribution >= 4 is 17.7 Å². The summed E-state index contributed by atoms with van der Waals surface area (Å²) in [4.78, 5) is 11.6. The zero-order chi connectivity index (χ0) is 23.0. The first kappa shape index (κ1) is 22.3. The van der Waals surface area contributed by atoms with Crippen LogP contribution in [0.5, 0.6) is 5.88 Å². The number of aromatic nitrogens is 2. The topological polar surface area (TPSA) is 44.1 Å². The standard InChI is InChI=1S/C22H17F5N2O2S/c1-11-19(32-20-17(26)15(24)14(23)16(25)18(20)27)21(31-22(30)12-7-5-6-8-12)29(28-11)13-9-3-2-4-10-13/h2-4,9-10,12H,5-8H2,1H3. The van der Waals surface area contributed by atoms with Gasteiger partial charge in [-0.05, 0) is 31.9 Å². The van der Waals surface area contributed by atoms with Crippen molar-refractivity contribution in [2.75, 3.05) is 0 Å². The van der Waals surface area contributed by atoms with Crippen LogP contribution in [0.3, 0.4) is 0 Å². The van der Waals surface area contributed by atoms with Gasteiger partial charge in [-0.1, -0.05) is 42.8 Å². The minimum Gasteiger partial charge on any atom is -0.406 e. The third-order valence-electron chi connectivity index (χ3n) is 5.23. The van der Waals surface area contributed by atoms with Gasteiger partial charge in [0.25, 0.3) is 0 Å². The molecule has 168 valence electrons. The maximum absolute atomic E-state index is 14.3. The van der Waals surface area contributed by atoms with Gasteiger partial charge in [0.05, 0.1) is 27.1 Å². The van der Waals surface area contributed by atoms with Crippen LogP contribution in [0.4, 0.5) is 22.0 Å². The molecule has 1 saturated carbocycles. The van der Waals surface area contributed by atoms with Gasteiger partial charge >= 0.3 is 5.97 Å². The van der Waals surface area contributed by atoms with Crippen LogP contribution in [0.2, 0.25) is 0 Å². The van der Waals surface area contributed by atoms with E-state index in [2.05, 4.69) is 5.10 Å². The predicted octanol–water partition coefficient (Wildman–Crippen LogP) is 6.12. The number of esters is 1. The number of benzene rings is 2. The summed E-state index contributed by atoms with van der Waals surface area (Å²) < 4.78 is 76.4. The Labute approximate surface area is 184 Å². The molecule has 1 fully saturated rings. The van der Waals surface area contributed by atoms with Gasteiger partial charge in [0.2, 0.25) is 11.7 Å². The summed E-state index contributed by atoms with van der Waals surface area (Å²) in [6.45, 7) is 1.49. The molecular formula is C22H17F5N2O2S. The molecule has 1 aromatic heterocycles. The molecule has 0 unspecified atom stereocenters. The van der Waals surface area contributed by atoms with Crippen LogP contribution < -0.4 is 4.74 Å². The summed E-state index contributed by atoms with van der Waals surface area (Å²) in [5.74, 6) is -11.3. The van der Waals surface area contributed by atoms with Crippen molar-refractivity contribution in [3.05, 3.63) is 65.1 Å². The van der Waals surface area contributed by atoms with E-state index in [1.165, 1.54) is 11.6 Å². The number of rotatable bonds is 5. The molecule has 0 aliphatic heterocycles. The fourth-order valence-electron chi connectivity index (χ4n) is 3.56. The molecule has 3 aromatic rings. The van der Waals surface area contributed by atoms with E-state index < -0.39 is 40.0 Å². The number of halogens is 5. The maximum atomic E-state index is 14.3. The number of hydrogen-bond acceptors (Lipinski definition) is 4. The van der Waals surface area contributed by atoms with Crippen LogP contribution in [-0.4, -0.2) is 15.7 Å². The van der Waals surface area contributed by atoms with Crippen LogP contribution in [-0.2, 0) is 4.79 Å². The van der Waals surface area contributed by atoms with Crippen LogP contribution in [0, 0.1) is 41.9 Å². The number of carbonyl (C=O) groups is 1. The van der Waals surface area contributed by atoms with E-state index in [9.17, 15) is 26.7 Å². The van der Waals surface area contributed by atoms with Gasteiger partial charge in [0.15, 0.2) is 23.3 Å². The summed E-state index contributed by atoms with van der Waals surface area (Å²) >= 11 is 0.274. The minimum absolute atomic E-state index is 0.0246. The largest absolute Gasteiger partial charge is 0.406 e. The van der Waals surface area contributed by atoms with Gasteiger partial charge in [-0.3, -0.25) is 4.79 Å². The SMILES string of the molecule is Cc1nn(-c2ccccc2)c(OC(=O)C2CCCC2)c1Sc1c(F)c(F)c(F)c(F)c1F. The highest BCUT2D eigenvalue weighted by molar-refractivity contribution is 7.99. The lowest BCUT2D eigenvalue weighted by molar-refractivity contribution is -0.139. The number of ether oxygens (including phenoxy) is 1. The fourth-order valence-corrected chi connectivity index (χ4v) is 4.53. The molecule has 1 heterocycles. The fraction of sp³-hybridized carbons (Fsp3) is 0.273. The van der Waals surface area contributed by atoms with Gasteiger partial charge < -0.3 is 4.74 Å². The van der Waals surface area contributed by atoms with E-state index in [0.717, 1.165) is 12.8 Å². The lowest BCUT2D eigenvalue weighted by Crippen LogP contribution is -2.19. The second-order valence-electron chi connectivity index (χ2n) is 7.37. The Morgan fingerprint density at radius 2 is 1.50 bits per heavy atom. The minimum atomic E-state index is -2.24. The first-order valence-electron chi connectivity index (χ1n) is 9.85. The molecule has 0 N–H and O–H groups in total. The van der Waals surface area contributed by atoms with Crippen LogP contribution in [0.15, 0.2) is 40.1 Å². The highest BCUT2D eigenvalue weighted by atomic mass is 32.2. The number of hydrogen-bond donors (Lipinski definition) is 0. The van der Waals surface area contributed by atoms with E-state index in [1.54, 1.807) is 30.3 Å². The first-order valence-corrected chi connectivity index (χ1v) is 10.7. The van der Waals surface area contributed by atoms with Crippen LogP contribution >= 0.6 is 11.8 Å². The van der Waals surface area contributed by atoms with Crippen molar-refractivity contribution in [2.24, 2.45) is 5.92 Å². The second-order valence-corrected chi connectivity index (χ2v) is 8.39. The summed E-state index contributed by atoms with van der Waals surface area (Å²) in [7, 11) is 0. The number of aryl methyl sites for hydroxylation is 1. The third-order valence-corrected chi connectivity index (χ3v) is 6.46. The lowest BCUT2D eigenvalue weighted by Gasteiger charge is -2.13. The van der Waals surface area contributed by atoms with Crippen molar-refractivity contribution in [1.82, 2.24) is 9.78 Å². The van der Waals surface area contributed by atoms with Gasteiger partial charge in [-0.25, -0.2) is 22.0 Å². The quantitative estimate of drug-likeness (QED) is 0.196. The Kier molecular flexibility index (Phi) is 6.23. The molecule has 2 aromatic carbocycles. The average molecular weight is 468 g/mol. The highest BCUT2D eigenvalue weighted by Gasteiger charge is 2.32. The molecule has 4 nitrogen and oxygen atoms in total. The number of carbonyl (C=O) groups excluding carboxylic acids is 1. The first-order chi connectivity index (χ1) is 15.3. The van der Waals surface area contributed by atoms with Gasteiger partial charge in [0.1, 0.15) is 0 Å². The molecule has 32 heavy (non-hydrogen) atoms. The number of para-hydroxylation sites is 1. The summed E-state index contributed by atoms with van der Waals surface area (Å²) in [5, 5.41) is 4.29. The maximum Gasteiger partial charge on any atom is 0.315 e. The van der Waals surface area contributed by atoms with Crippen molar-refractivity contribution in [3.63, 3.8) is 0 Å². The molecule has 0 spiro atoms. The molecule has 4 rings (SSSR count). The Morgan fingerprint density at radius 3 is 2.09 bits per heavy atom. The molecule has 10 heteroatoms. The smallest absolute Gasteiger partial charge is 0.315 e. The van der Waals surface area contributed by atoms with Crippen molar-refractivity contribution in [1.29, 1.82) is 0 Å².